The lowest BCUT2D eigenvalue weighted by atomic mass is 9.95. The second kappa shape index (κ2) is 5.47. The topological polar surface area (TPSA) is 44.8 Å². The Balaban J connectivity index is 1.85. The summed E-state index contributed by atoms with van der Waals surface area (Å²) in [6, 6.07) is 15.9. The summed E-state index contributed by atoms with van der Waals surface area (Å²) in [7, 11) is -1.35. The van der Waals surface area contributed by atoms with E-state index < -0.39 is 7.94 Å². The van der Waals surface area contributed by atoms with Crippen molar-refractivity contribution < 1.29 is 13.9 Å². The fraction of sp³-hybridized carbons (Fsp3) is 0.316. The molecule has 0 bridgehead atoms. The van der Waals surface area contributed by atoms with Crippen LogP contribution in [0, 0.1) is 11.1 Å². The molecule has 0 radical (unpaired) electrons. The molecule has 2 aromatic rings. The zero-order valence-electron chi connectivity index (χ0n) is 14.2. The normalized spacial score (nSPS) is 21.2. The zero-order chi connectivity index (χ0) is 16.9. The van der Waals surface area contributed by atoms with Gasteiger partial charge in [-0.3, -0.25) is 0 Å². The molecule has 2 heterocycles. The van der Waals surface area contributed by atoms with Gasteiger partial charge in [-0.05, 0) is 18.4 Å². The summed E-state index contributed by atoms with van der Waals surface area (Å²) in [5, 5.41) is 0. The molecule has 2 aromatic carbocycles. The van der Waals surface area contributed by atoms with Crippen molar-refractivity contribution in [3.63, 3.8) is 0 Å². The van der Waals surface area contributed by atoms with Crippen LogP contribution in [0.3, 0.4) is 0 Å². The Labute approximate surface area is 143 Å². The van der Waals surface area contributed by atoms with Gasteiger partial charge in [-0.1, -0.05) is 61.4 Å². The van der Waals surface area contributed by atoms with E-state index in [2.05, 4.69) is 18.7 Å². The maximum absolute atomic E-state index is 13.6. The Bertz CT molecular complexity index is 719. The van der Waals surface area contributed by atoms with Gasteiger partial charge >= 0.3 is 0 Å². The monoisotopic (exact) mass is 342 g/mol. The predicted molar refractivity (Wildman–Crippen MR) is 95.0 cm³/mol. The van der Waals surface area contributed by atoms with Crippen molar-refractivity contribution >= 4 is 19.3 Å². The first-order chi connectivity index (χ1) is 11.4. The lowest BCUT2D eigenvalue weighted by Crippen LogP contribution is -2.38. The molecule has 0 aromatic heterocycles. The molecule has 2 aliphatic rings. The molecule has 0 atom stereocenters. The molecular formula is C19H21NO3P-. The quantitative estimate of drug-likeness (QED) is 0.583. The highest BCUT2D eigenvalue weighted by molar-refractivity contribution is 7.63. The van der Waals surface area contributed by atoms with Crippen molar-refractivity contribution in [2.24, 2.45) is 5.41 Å². The van der Waals surface area contributed by atoms with Crippen LogP contribution in [0.1, 0.15) is 25.0 Å². The number of benzene rings is 2. The maximum atomic E-state index is 13.6. The van der Waals surface area contributed by atoms with Gasteiger partial charge in [0.15, 0.2) is 0 Å². The second-order valence-electron chi connectivity index (χ2n) is 7.15. The lowest BCUT2D eigenvalue weighted by Gasteiger charge is -2.48. The molecule has 0 amide bonds. The number of rotatable bonds is 1. The standard InChI is InChI=1S/C19H21NO3P/c1-19(2)12-22-24(21,23-13-19)18-14-8-4-6-10-16(14)20(3)17-11-7-5-9-15(17)18/h4-11H,12-13H2,1-3H3/q-1. The minimum absolute atomic E-state index is 0.126. The van der Waals surface area contributed by atoms with Crippen molar-refractivity contribution in [1.29, 1.82) is 0 Å². The Hall–Kier alpha value is -1.58. The van der Waals surface area contributed by atoms with Crippen molar-refractivity contribution in [3.8, 4) is 0 Å². The molecule has 0 spiro atoms. The Kier molecular flexibility index (Phi) is 3.63. The van der Waals surface area contributed by atoms with Crippen LogP contribution >= 0.6 is 7.94 Å². The molecule has 2 aliphatic heterocycles. The number of hydrogen-bond donors (Lipinski definition) is 0. The van der Waals surface area contributed by atoms with Gasteiger partial charge in [0.05, 0.1) is 5.66 Å². The van der Waals surface area contributed by atoms with Crippen molar-refractivity contribution in [1.82, 2.24) is 0 Å². The molecule has 4 nitrogen and oxygen atoms in total. The highest BCUT2D eigenvalue weighted by atomic mass is 31.2. The van der Waals surface area contributed by atoms with Gasteiger partial charge in [0.2, 0.25) is 7.94 Å². The van der Waals surface area contributed by atoms with E-state index in [9.17, 15) is 4.89 Å². The van der Waals surface area contributed by atoms with Crippen LogP contribution in [-0.4, -0.2) is 20.3 Å². The molecule has 126 valence electrons. The number of fused-ring (bicyclic) bond motifs is 2. The first-order valence-corrected chi connectivity index (χ1v) is 9.65. The third-order valence-electron chi connectivity index (χ3n) is 4.57. The third kappa shape index (κ3) is 2.42. The van der Waals surface area contributed by atoms with Crippen molar-refractivity contribution in [2.45, 2.75) is 13.8 Å². The minimum Gasteiger partial charge on any atom is -0.633 e. The molecule has 24 heavy (non-hydrogen) atoms. The van der Waals surface area contributed by atoms with E-state index >= 15 is 0 Å². The average molecular weight is 342 g/mol. The van der Waals surface area contributed by atoms with Gasteiger partial charge in [-0.2, -0.15) is 0 Å². The van der Waals surface area contributed by atoms with Crippen LogP contribution in [0.4, 0.5) is 11.4 Å². The summed E-state index contributed by atoms with van der Waals surface area (Å²) in [5.74, 6) is 0. The smallest absolute Gasteiger partial charge is 0.240 e. The molecule has 0 unspecified atom stereocenters. The molecule has 5 heteroatoms. The predicted octanol–water partition coefficient (Wildman–Crippen LogP) is 3.89. The summed E-state index contributed by atoms with van der Waals surface area (Å²) in [4.78, 5) is 15.7. The van der Waals surface area contributed by atoms with Crippen LogP contribution in [0.15, 0.2) is 48.5 Å². The van der Waals surface area contributed by atoms with Crippen LogP contribution < -0.4 is 9.79 Å². The van der Waals surface area contributed by atoms with Crippen LogP contribution in [-0.2, 0) is 9.05 Å². The van der Waals surface area contributed by atoms with Gasteiger partial charge in [0.25, 0.3) is 0 Å². The van der Waals surface area contributed by atoms with Crippen LogP contribution in [0.25, 0.3) is 0 Å². The summed E-state index contributed by atoms with van der Waals surface area (Å²) in [6.45, 7) is 4.96. The van der Waals surface area contributed by atoms with E-state index in [0.29, 0.717) is 18.9 Å². The molecule has 0 N–H and O–H groups in total. The van der Waals surface area contributed by atoms with Crippen molar-refractivity contribution in [3.05, 3.63) is 65.3 Å². The average Bonchev–Trinajstić information content (AvgIpc) is 2.58. The summed E-state index contributed by atoms with van der Waals surface area (Å²) in [5.41, 5.74) is 4.42. The van der Waals surface area contributed by atoms with E-state index in [1.807, 2.05) is 55.6 Å². The fourth-order valence-electron chi connectivity index (χ4n) is 3.23. The molecule has 0 aliphatic carbocycles. The van der Waals surface area contributed by atoms with Gasteiger partial charge < -0.3 is 9.79 Å². The number of anilines is 2. The van der Waals surface area contributed by atoms with Crippen molar-refractivity contribution in [2.75, 3.05) is 25.2 Å². The molecule has 4 rings (SSSR count). The lowest BCUT2D eigenvalue weighted by molar-refractivity contribution is -0.231. The number of para-hydroxylation sites is 2. The van der Waals surface area contributed by atoms with E-state index in [1.165, 1.54) is 0 Å². The van der Waals surface area contributed by atoms with Gasteiger partial charge in [-0.25, -0.2) is 9.05 Å². The Morgan fingerprint density at radius 1 is 0.958 bits per heavy atom. The van der Waals surface area contributed by atoms with Gasteiger partial charge in [0.1, 0.15) is 13.2 Å². The SMILES string of the molecule is CN1c2ccccc2[C-]([P+]2([O-])OCC(C)(C)CO2)c2ccccc21. The number of nitrogens with zero attached hydrogens (tertiary/aromatic N) is 1. The zero-order valence-corrected chi connectivity index (χ0v) is 15.0. The molecule has 1 saturated heterocycles. The Morgan fingerprint density at radius 3 is 1.92 bits per heavy atom. The molecule has 0 saturated carbocycles. The summed E-state index contributed by atoms with van der Waals surface area (Å²) in [6.07, 6.45) is 0. The highest BCUT2D eigenvalue weighted by Crippen LogP contribution is 2.71. The third-order valence-corrected chi connectivity index (χ3v) is 6.53. The first kappa shape index (κ1) is 15.9. The largest absolute Gasteiger partial charge is 0.633 e. The van der Waals surface area contributed by atoms with E-state index in [1.54, 1.807) is 0 Å². The molecular weight excluding hydrogens is 321 g/mol. The van der Waals surface area contributed by atoms with Crippen LogP contribution in [0.5, 0.6) is 0 Å². The Morgan fingerprint density at radius 2 is 1.42 bits per heavy atom. The summed E-state index contributed by atoms with van der Waals surface area (Å²) < 4.78 is 11.7. The maximum Gasteiger partial charge on any atom is 0.240 e. The molecule has 1 fully saturated rings. The summed E-state index contributed by atoms with van der Waals surface area (Å²) >= 11 is 0. The van der Waals surface area contributed by atoms with Crippen LogP contribution in [0.2, 0.25) is 0 Å². The van der Waals surface area contributed by atoms with E-state index in [0.717, 1.165) is 22.5 Å². The van der Waals surface area contributed by atoms with Gasteiger partial charge in [0, 0.05) is 5.41 Å². The second-order valence-corrected chi connectivity index (χ2v) is 9.11. The first-order valence-electron chi connectivity index (χ1n) is 8.10. The fourth-order valence-corrected chi connectivity index (χ4v) is 5.57. The van der Waals surface area contributed by atoms with E-state index in [-0.39, 0.29) is 5.41 Å². The highest BCUT2D eigenvalue weighted by Gasteiger charge is 2.48. The van der Waals surface area contributed by atoms with Gasteiger partial charge in [-0.15, -0.1) is 12.1 Å². The van der Waals surface area contributed by atoms with E-state index in [4.69, 9.17) is 9.05 Å². The number of hydrogen-bond acceptors (Lipinski definition) is 4. The minimum atomic E-state index is -3.37.